The summed E-state index contributed by atoms with van der Waals surface area (Å²) in [6.07, 6.45) is -8.54. The van der Waals surface area contributed by atoms with Crippen LogP contribution < -0.4 is 56.1 Å². The molecule has 11 nitrogen and oxygen atoms in total. The van der Waals surface area contributed by atoms with Crippen molar-refractivity contribution < 1.29 is 94.1 Å². The van der Waals surface area contributed by atoms with E-state index in [2.05, 4.69) is 0 Å². The van der Waals surface area contributed by atoms with Gasteiger partial charge in [0.05, 0.1) is 20.8 Å². The summed E-state index contributed by atoms with van der Waals surface area (Å²) in [4.78, 5) is 9.93. The number of ether oxygens (including phenoxy) is 2. The number of benzene rings is 1. The molecule has 1 aliphatic rings. The van der Waals surface area contributed by atoms with Crippen LogP contribution in [0.3, 0.4) is 0 Å². The second-order valence-corrected chi connectivity index (χ2v) is 6.56. The number of non-ortho nitro benzene ring substituents is 1. The van der Waals surface area contributed by atoms with Crippen LogP contribution in [0.2, 0.25) is 0 Å². The predicted octanol–water partition coefficient (Wildman–Crippen LogP) is -4.67. The Morgan fingerprint density at radius 3 is 2.16 bits per heavy atom. The first kappa shape index (κ1) is 22.8. The first-order valence-corrected chi connectivity index (χ1v) is 8.20. The third-order valence-electron chi connectivity index (χ3n) is 3.34. The van der Waals surface area contributed by atoms with Gasteiger partial charge >= 0.3 is 51.4 Å². The predicted molar refractivity (Wildman–Crippen MR) is 75.0 cm³/mol. The minimum atomic E-state index is -4.77. The summed E-state index contributed by atoms with van der Waals surface area (Å²) in [6, 6.07) is 4.64. The van der Waals surface area contributed by atoms with Crippen molar-refractivity contribution in [3.63, 3.8) is 0 Å². The molecule has 0 aliphatic carbocycles. The van der Waals surface area contributed by atoms with Crippen LogP contribution in [-0.2, 0) is 14.9 Å². The molecule has 3 N–H and O–H groups in total. The van der Waals surface area contributed by atoms with E-state index in [0.29, 0.717) is 0 Å². The van der Waals surface area contributed by atoms with Gasteiger partial charge in [0.1, 0.15) is 30.2 Å². The Hall–Kier alpha value is -0.194. The van der Waals surface area contributed by atoms with E-state index in [1.54, 1.807) is 0 Å². The molecule has 1 aromatic rings. The Kier molecular flexibility index (Phi) is 8.35. The zero-order chi connectivity index (χ0) is 18.1. The van der Waals surface area contributed by atoms with Gasteiger partial charge < -0.3 is 29.3 Å². The van der Waals surface area contributed by atoms with E-state index in [1.165, 1.54) is 12.1 Å². The molecule has 134 valence electrons. The van der Waals surface area contributed by atoms with Crippen LogP contribution in [0.15, 0.2) is 24.3 Å². The Bertz CT molecular complexity index is 696. The molecular formula is C12H14KNO10S. The largest absolute Gasteiger partial charge is 1.00 e. The quantitative estimate of drug-likeness (QED) is 0.187. The molecule has 0 bridgehead atoms. The molecular weight excluding hydrogens is 389 g/mol. The zero-order valence-electron chi connectivity index (χ0n) is 13.0. The van der Waals surface area contributed by atoms with E-state index in [9.17, 15) is 38.4 Å². The molecule has 0 amide bonds. The Balaban J connectivity index is 0.00000312. The van der Waals surface area contributed by atoms with Gasteiger partial charge in [0.2, 0.25) is 6.29 Å². The summed E-state index contributed by atoms with van der Waals surface area (Å²) in [7, 11) is -4.77. The minimum Gasteiger partial charge on any atom is -0.748 e. The fraction of sp³-hybridized carbons (Fsp3) is 0.500. The monoisotopic (exact) mass is 403 g/mol. The summed E-state index contributed by atoms with van der Waals surface area (Å²) >= 11 is 0. The van der Waals surface area contributed by atoms with E-state index in [1.807, 2.05) is 0 Å². The molecule has 25 heavy (non-hydrogen) atoms. The molecule has 0 aromatic heterocycles. The van der Waals surface area contributed by atoms with Gasteiger partial charge in [0, 0.05) is 12.1 Å². The van der Waals surface area contributed by atoms with Gasteiger partial charge in [0.25, 0.3) is 5.69 Å². The third kappa shape index (κ3) is 6.18. The van der Waals surface area contributed by atoms with Crippen LogP contribution >= 0.6 is 0 Å². The average Bonchev–Trinajstić information content (AvgIpc) is 2.49. The van der Waals surface area contributed by atoms with Crippen LogP contribution in [0.4, 0.5) is 5.69 Å². The number of rotatable bonds is 5. The number of aliphatic hydroxyl groups excluding tert-OH is 3. The summed E-state index contributed by atoms with van der Waals surface area (Å²) in [5.41, 5.74) is -0.210. The van der Waals surface area contributed by atoms with E-state index in [4.69, 9.17) is 9.47 Å². The topological polar surface area (TPSA) is 179 Å². The Morgan fingerprint density at radius 2 is 1.68 bits per heavy atom. The van der Waals surface area contributed by atoms with Crippen molar-refractivity contribution in [1.82, 2.24) is 0 Å². The summed E-state index contributed by atoms with van der Waals surface area (Å²) in [5, 5.41) is 39.8. The average molecular weight is 403 g/mol. The van der Waals surface area contributed by atoms with Crippen molar-refractivity contribution >= 4 is 15.8 Å². The van der Waals surface area contributed by atoms with E-state index >= 15 is 0 Å². The van der Waals surface area contributed by atoms with Crippen molar-refractivity contribution in [3.05, 3.63) is 34.4 Å². The van der Waals surface area contributed by atoms with Gasteiger partial charge in [-0.15, -0.1) is 0 Å². The van der Waals surface area contributed by atoms with Crippen LogP contribution in [0.25, 0.3) is 0 Å². The first-order valence-electron chi connectivity index (χ1n) is 6.63. The molecule has 0 saturated carbocycles. The molecule has 1 heterocycles. The maximum Gasteiger partial charge on any atom is 1.00 e. The fourth-order valence-electron chi connectivity index (χ4n) is 2.13. The number of nitro groups is 1. The normalized spacial score (nSPS) is 29.5. The number of nitrogens with zero attached hydrogens (tertiary/aromatic N) is 1. The molecule has 1 fully saturated rings. The van der Waals surface area contributed by atoms with Crippen molar-refractivity contribution in [2.24, 2.45) is 0 Å². The molecule has 1 saturated heterocycles. The fourth-order valence-corrected chi connectivity index (χ4v) is 2.81. The number of nitro benzene ring substituents is 1. The van der Waals surface area contributed by atoms with Crippen LogP contribution in [0, 0.1) is 10.1 Å². The van der Waals surface area contributed by atoms with Crippen LogP contribution in [0.1, 0.15) is 0 Å². The van der Waals surface area contributed by atoms with Crippen molar-refractivity contribution in [2.45, 2.75) is 30.7 Å². The molecule has 0 unspecified atom stereocenters. The van der Waals surface area contributed by atoms with E-state index < -0.39 is 51.5 Å². The smallest absolute Gasteiger partial charge is 0.748 e. The molecule has 1 aromatic carbocycles. The van der Waals surface area contributed by atoms with E-state index in [-0.39, 0.29) is 62.8 Å². The van der Waals surface area contributed by atoms with Gasteiger partial charge in [-0.25, -0.2) is 8.42 Å². The molecule has 13 heteroatoms. The summed E-state index contributed by atoms with van der Waals surface area (Å²) in [6.45, 7) is 0. The maximum absolute atomic E-state index is 10.8. The summed E-state index contributed by atoms with van der Waals surface area (Å²) < 4.78 is 42.7. The van der Waals surface area contributed by atoms with Crippen molar-refractivity contribution in [1.29, 1.82) is 0 Å². The second kappa shape index (κ2) is 9.14. The van der Waals surface area contributed by atoms with E-state index in [0.717, 1.165) is 12.1 Å². The van der Waals surface area contributed by atoms with Crippen molar-refractivity contribution in [2.75, 3.05) is 5.75 Å². The molecule has 0 spiro atoms. The second-order valence-electron chi connectivity index (χ2n) is 5.11. The number of hydrogen-bond donors (Lipinski definition) is 3. The van der Waals surface area contributed by atoms with Gasteiger partial charge in [-0.3, -0.25) is 10.1 Å². The molecule has 0 radical (unpaired) electrons. The van der Waals surface area contributed by atoms with Crippen molar-refractivity contribution in [3.8, 4) is 5.75 Å². The number of hydrogen-bond acceptors (Lipinski definition) is 10. The zero-order valence-corrected chi connectivity index (χ0v) is 16.9. The number of aliphatic hydroxyl groups is 3. The maximum atomic E-state index is 10.8. The molecule has 2 rings (SSSR count). The van der Waals surface area contributed by atoms with Crippen LogP contribution in [0.5, 0.6) is 5.75 Å². The Morgan fingerprint density at radius 1 is 1.12 bits per heavy atom. The minimum absolute atomic E-state index is 0. The SMILES string of the molecule is O=[N+]([O-])c1ccc(O[C@H]2O[C@H](CS(=O)(=O)[O-])[C@@H](O)[C@H](O)[C@H]2O)cc1.[K+]. The molecule has 5 atom stereocenters. The van der Waals surface area contributed by atoms with Gasteiger partial charge in [-0.1, -0.05) is 0 Å². The molecule has 1 aliphatic heterocycles. The Labute approximate surface area is 184 Å². The summed E-state index contributed by atoms with van der Waals surface area (Å²) in [5.74, 6) is -1.10. The standard InChI is InChI=1S/C12H15NO10S.K/c14-9-8(5-24(19,20)21)23-12(11(16)10(9)15)22-7-3-1-6(2-4-7)13(17)18;/h1-4,8-12,14-16H,5H2,(H,19,20,21);/q;+1/p-1/t8-,9-,10+,11-,12+;/m1./s1. The van der Waals surface area contributed by atoms with Gasteiger partial charge in [-0.2, -0.15) is 0 Å². The van der Waals surface area contributed by atoms with Crippen LogP contribution in [-0.4, -0.2) is 69.7 Å². The van der Waals surface area contributed by atoms with Gasteiger partial charge in [0.15, 0.2) is 0 Å². The third-order valence-corrected chi connectivity index (χ3v) is 4.07. The van der Waals surface area contributed by atoms with Gasteiger partial charge in [-0.05, 0) is 12.1 Å². The first-order chi connectivity index (χ1) is 11.1.